The summed E-state index contributed by atoms with van der Waals surface area (Å²) in [5.41, 5.74) is 2.38. The predicted octanol–water partition coefficient (Wildman–Crippen LogP) is 4.95. The summed E-state index contributed by atoms with van der Waals surface area (Å²) in [4.78, 5) is 0. The highest BCUT2D eigenvalue weighted by Crippen LogP contribution is 2.37. The maximum Gasteiger partial charge on any atom is 0.192 e. The molecule has 1 nitrogen and oxygen atoms in total. The molecule has 17 heavy (non-hydrogen) atoms. The average molecular weight is 271 g/mol. The van der Waals surface area contributed by atoms with E-state index in [1.165, 1.54) is 5.56 Å². The van der Waals surface area contributed by atoms with Gasteiger partial charge in [-0.1, -0.05) is 45.0 Å². The van der Waals surface area contributed by atoms with Crippen LogP contribution in [0.1, 0.15) is 31.9 Å². The van der Waals surface area contributed by atoms with Crippen LogP contribution in [0, 0.1) is 0 Å². The molecule has 96 valence electrons. The number of rotatable bonds is 4. The zero-order valence-electron chi connectivity index (χ0n) is 11.5. The first-order chi connectivity index (χ1) is 7.76. The molecule has 0 heterocycles. The first-order valence-electron chi connectivity index (χ1n) is 6.04. The van der Waals surface area contributed by atoms with Crippen molar-refractivity contribution in [3.63, 3.8) is 0 Å². The molecular formula is C14H23ClOSi. The van der Waals surface area contributed by atoms with Crippen molar-refractivity contribution in [3.8, 4) is 0 Å². The maximum atomic E-state index is 6.16. The highest BCUT2D eigenvalue weighted by molar-refractivity contribution is 6.74. The van der Waals surface area contributed by atoms with Gasteiger partial charge in [0.05, 0.1) is 6.61 Å². The molecule has 0 saturated heterocycles. The van der Waals surface area contributed by atoms with E-state index in [1.54, 1.807) is 0 Å². The van der Waals surface area contributed by atoms with Crippen LogP contribution >= 0.6 is 11.6 Å². The minimum absolute atomic E-state index is 0.267. The minimum atomic E-state index is -1.64. The normalized spacial score (nSPS) is 12.8. The number of hydrogen-bond donors (Lipinski definition) is 0. The van der Waals surface area contributed by atoms with Crippen molar-refractivity contribution in [2.24, 2.45) is 0 Å². The van der Waals surface area contributed by atoms with Crippen molar-refractivity contribution in [2.75, 3.05) is 0 Å². The second-order valence-corrected chi connectivity index (χ2v) is 11.1. The fourth-order valence-corrected chi connectivity index (χ4v) is 2.34. The lowest BCUT2D eigenvalue weighted by Crippen LogP contribution is -2.40. The minimum Gasteiger partial charge on any atom is -0.413 e. The van der Waals surface area contributed by atoms with Gasteiger partial charge in [-0.3, -0.25) is 0 Å². The summed E-state index contributed by atoms with van der Waals surface area (Å²) in [6.45, 7) is 12.0. The lowest BCUT2D eigenvalue weighted by atomic mass is 10.2. The molecule has 0 aliphatic carbocycles. The van der Waals surface area contributed by atoms with Crippen LogP contribution in [0.15, 0.2) is 24.3 Å². The van der Waals surface area contributed by atoms with Gasteiger partial charge in [-0.05, 0) is 29.3 Å². The van der Waals surface area contributed by atoms with Crippen LogP contribution in [0.2, 0.25) is 18.1 Å². The summed E-state index contributed by atoms with van der Waals surface area (Å²) >= 11 is 5.76. The molecule has 0 N–H and O–H groups in total. The van der Waals surface area contributed by atoms with Gasteiger partial charge in [-0.2, -0.15) is 0 Å². The average Bonchev–Trinajstić information content (AvgIpc) is 2.25. The summed E-state index contributed by atoms with van der Waals surface area (Å²) in [5.74, 6) is 0.573. The number of hydrogen-bond acceptors (Lipinski definition) is 1. The van der Waals surface area contributed by atoms with Gasteiger partial charge in [-0.15, -0.1) is 11.6 Å². The molecule has 3 heteroatoms. The largest absolute Gasteiger partial charge is 0.413 e. The molecule has 0 bridgehead atoms. The topological polar surface area (TPSA) is 9.23 Å². The quantitative estimate of drug-likeness (QED) is 0.556. The fraction of sp³-hybridized carbons (Fsp3) is 0.571. The van der Waals surface area contributed by atoms with E-state index < -0.39 is 8.32 Å². The number of halogens is 1. The Morgan fingerprint density at radius 2 is 1.53 bits per heavy atom. The molecule has 0 aromatic heterocycles. The van der Waals surface area contributed by atoms with Crippen molar-refractivity contribution >= 4 is 19.9 Å². The van der Waals surface area contributed by atoms with Gasteiger partial charge in [0.25, 0.3) is 0 Å². The maximum absolute atomic E-state index is 6.16. The molecule has 0 saturated carbocycles. The third-order valence-corrected chi connectivity index (χ3v) is 8.37. The van der Waals surface area contributed by atoms with Gasteiger partial charge < -0.3 is 4.43 Å². The molecule has 0 aliphatic heterocycles. The molecule has 0 radical (unpaired) electrons. The van der Waals surface area contributed by atoms with Gasteiger partial charge in [-0.25, -0.2) is 0 Å². The van der Waals surface area contributed by atoms with E-state index in [4.69, 9.17) is 16.0 Å². The third-order valence-electron chi connectivity index (χ3n) is 3.58. The van der Waals surface area contributed by atoms with Crippen LogP contribution in [-0.2, 0) is 16.9 Å². The first kappa shape index (κ1) is 14.7. The van der Waals surface area contributed by atoms with E-state index >= 15 is 0 Å². The van der Waals surface area contributed by atoms with Gasteiger partial charge in [0, 0.05) is 5.88 Å². The molecule has 1 aromatic carbocycles. The second kappa shape index (κ2) is 5.55. The molecule has 0 aliphatic rings. The summed E-state index contributed by atoms with van der Waals surface area (Å²) in [6, 6.07) is 8.34. The van der Waals surface area contributed by atoms with Crippen LogP contribution in [0.3, 0.4) is 0 Å². The standard InChI is InChI=1S/C14H23ClOSi/c1-14(2,3)17(4,5)16-11-13-8-6-12(10-15)7-9-13/h6-9H,10-11H2,1-5H3. The third kappa shape index (κ3) is 4.13. The van der Waals surface area contributed by atoms with E-state index in [0.717, 1.165) is 5.56 Å². The second-order valence-electron chi connectivity index (χ2n) is 6.00. The van der Waals surface area contributed by atoms with E-state index in [0.29, 0.717) is 12.5 Å². The molecule has 1 aromatic rings. The Kier molecular flexibility index (Phi) is 4.82. The summed E-state index contributed by atoms with van der Waals surface area (Å²) in [5, 5.41) is 0.267. The predicted molar refractivity (Wildman–Crippen MR) is 78.0 cm³/mol. The van der Waals surface area contributed by atoms with E-state index in [2.05, 4.69) is 58.1 Å². The smallest absolute Gasteiger partial charge is 0.192 e. The van der Waals surface area contributed by atoms with Crippen molar-refractivity contribution in [1.82, 2.24) is 0 Å². The SMILES string of the molecule is CC(C)(C)[Si](C)(C)OCc1ccc(CCl)cc1. The Labute approximate surface area is 111 Å². The van der Waals surface area contributed by atoms with Crippen molar-refractivity contribution in [1.29, 1.82) is 0 Å². The van der Waals surface area contributed by atoms with Gasteiger partial charge in [0.1, 0.15) is 0 Å². The summed E-state index contributed by atoms with van der Waals surface area (Å²) in [6.07, 6.45) is 0. The number of alkyl halides is 1. The highest BCUT2D eigenvalue weighted by Gasteiger charge is 2.36. The van der Waals surface area contributed by atoms with Crippen LogP contribution < -0.4 is 0 Å². The van der Waals surface area contributed by atoms with E-state index in [9.17, 15) is 0 Å². The monoisotopic (exact) mass is 270 g/mol. The first-order valence-corrected chi connectivity index (χ1v) is 9.48. The van der Waals surface area contributed by atoms with Gasteiger partial charge in [0.15, 0.2) is 8.32 Å². The Morgan fingerprint density at radius 1 is 1.06 bits per heavy atom. The molecule has 0 spiro atoms. The van der Waals surface area contributed by atoms with Crippen LogP contribution in [-0.4, -0.2) is 8.32 Å². The van der Waals surface area contributed by atoms with Crippen LogP contribution in [0.25, 0.3) is 0 Å². The molecule has 0 amide bonds. The van der Waals surface area contributed by atoms with Gasteiger partial charge in [0.2, 0.25) is 0 Å². The number of benzene rings is 1. The van der Waals surface area contributed by atoms with E-state index in [-0.39, 0.29) is 5.04 Å². The fourth-order valence-electron chi connectivity index (χ4n) is 1.20. The van der Waals surface area contributed by atoms with Crippen LogP contribution in [0.4, 0.5) is 0 Å². The summed E-state index contributed by atoms with van der Waals surface area (Å²) < 4.78 is 6.16. The highest BCUT2D eigenvalue weighted by atomic mass is 35.5. The van der Waals surface area contributed by atoms with Crippen molar-refractivity contribution in [3.05, 3.63) is 35.4 Å². The Bertz CT molecular complexity index is 351. The van der Waals surface area contributed by atoms with Gasteiger partial charge >= 0.3 is 0 Å². The molecule has 0 atom stereocenters. The Balaban J connectivity index is 2.61. The molecule has 0 fully saturated rings. The van der Waals surface area contributed by atoms with Crippen molar-refractivity contribution < 1.29 is 4.43 Å². The lowest BCUT2D eigenvalue weighted by molar-refractivity contribution is 0.276. The van der Waals surface area contributed by atoms with Crippen molar-refractivity contribution in [2.45, 2.75) is 51.4 Å². The molecular weight excluding hydrogens is 248 g/mol. The lowest BCUT2D eigenvalue weighted by Gasteiger charge is -2.36. The van der Waals surface area contributed by atoms with E-state index in [1.807, 2.05) is 0 Å². The zero-order valence-corrected chi connectivity index (χ0v) is 13.3. The Hall–Kier alpha value is -0.313. The molecule has 0 unspecified atom stereocenters. The van der Waals surface area contributed by atoms with Crippen LogP contribution in [0.5, 0.6) is 0 Å². The summed E-state index contributed by atoms with van der Waals surface area (Å²) in [7, 11) is -1.64. The zero-order chi connectivity index (χ0) is 13.1. The molecule has 1 rings (SSSR count). The Morgan fingerprint density at radius 3 is 1.94 bits per heavy atom.